The molecule has 0 N–H and O–H groups in total. The van der Waals surface area contributed by atoms with Crippen molar-refractivity contribution in [3.05, 3.63) is 52.2 Å². The van der Waals surface area contributed by atoms with Crippen LogP contribution in [0.15, 0.2) is 30.3 Å². The first-order valence-corrected chi connectivity index (χ1v) is 6.37. The molecule has 3 heteroatoms. The van der Waals surface area contributed by atoms with Crippen LogP contribution in [-0.4, -0.2) is 4.98 Å². The molecule has 1 aliphatic carbocycles. The quantitative estimate of drug-likeness (QED) is 0.742. The van der Waals surface area contributed by atoms with Crippen molar-refractivity contribution in [3.8, 4) is 11.3 Å². The van der Waals surface area contributed by atoms with Crippen LogP contribution in [0.1, 0.15) is 23.2 Å². The topological polar surface area (TPSA) is 12.9 Å². The molecule has 0 aliphatic heterocycles. The monoisotopic (exact) mass is 279 g/mol. The van der Waals surface area contributed by atoms with Crippen LogP contribution in [0.3, 0.4) is 0 Å². The van der Waals surface area contributed by atoms with Gasteiger partial charge in [-0.3, -0.25) is 4.98 Å². The molecule has 3 rings (SSSR count). The highest BCUT2D eigenvalue weighted by Crippen LogP contribution is 2.31. The van der Waals surface area contributed by atoms with Gasteiger partial charge in [0.25, 0.3) is 0 Å². The summed E-state index contributed by atoms with van der Waals surface area (Å²) in [4.78, 5) is 4.74. The minimum atomic E-state index is 0. The number of nitrogens with zero attached hydrogens (tertiary/aromatic N) is 1. The van der Waals surface area contributed by atoms with Crippen molar-refractivity contribution in [2.24, 2.45) is 0 Å². The first-order valence-electron chi connectivity index (χ1n) is 5.99. The average Bonchev–Trinajstić information content (AvgIpc) is 2.77. The second-order valence-corrected chi connectivity index (χ2v) is 5.04. The Morgan fingerprint density at radius 1 is 1.17 bits per heavy atom. The van der Waals surface area contributed by atoms with Gasteiger partial charge in [-0.1, -0.05) is 35.4 Å². The number of rotatable bonds is 1. The number of pyridine rings is 1. The number of aryl methyl sites for hydroxylation is 2. The molecule has 1 aromatic carbocycles. The van der Waals surface area contributed by atoms with Crippen molar-refractivity contribution in [1.82, 2.24) is 4.98 Å². The molecule has 0 amide bonds. The number of aromatic nitrogens is 1. The van der Waals surface area contributed by atoms with Crippen molar-refractivity contribution >= 4 is 24.0 Å². The van der Waals surface area contributed by atoms with Gasteiger partial charge in [-0.2, -0.15) is 0 Å². The largest absolute Gasteiger partial charge is 0.252 e. The van der Waals surface area contributed by atoms with Crippen molar-refractivity contribution in [2.75, 3.05) is 0 Å². The fraction of sp³-hybridized carbons (Fsp3) is 0.267. The molecule has 0 spiro atoms. The van der Waals surface area contributed by atoms with E-state index < -0.39 is 0 Å². The summed E-state index contributed by atoms with van der Waals surface area (Å²) in [5.41, 5.74) is 5.85. The van der Waals surface area contributed by atoms with E-state index in [1.165, 1.54) is 23.2 Å². The maximum atomic E-state index is 6.32. The number of hydrogen-bond acceptors (Lipinski definition) is 1. The van der Waals surface area contributed by atoms with E-state index in [0.717, 1.165) is 29.1 Å². The average molecular weight is 280 g/mol. The number of fused-ring (bicyclic) bond motifs is 1. The van der Waals surface area contributed by atoms with Gasteiger partial charge < -0.3 is 0 Å². The zero-order valence-electron chi connectivity index (χ0n) is 10.2. The number of benzene rings is 1. The summed E-state index contributed by atoms with van der Waals surface area (Å²) in [5.74, 6) is 0. The molecule has 1 aliphatic rings. The Morgan fingerprint density at radius 2 is 2.00 bits per heavy atom. The molecule has 0 bridgehead atoms. The minimum absolute atomic E-state index is 0. The second-order valence-electron chi connectivity index (χ2n) is 4.64. The third kappa shape index (κ3) is 2.38. The summed E-state index contributed by atoms with van der Waals surface area (Å²) in [6.07, 6.45) is 3.32. The molecule has 1 nitrogen and oxygen atoms in total. The minimum Gasteiger partial charge on any atom is -0.252 e. The number of hydrogen-bond donors (Lipinski definition) is 0. The Hall–Kier alpha value is -1.05. The number of halogens is 2. The molecule has 0 saturated heterocycles. The van der Waals surface area contributed by atoms with Gasteiger partial charge in [0.1, 0.15) is 0 Å². The molecule has 1 aromatic heterocycles. The van der Waals surface area contributed by atoms with Gasteiger partial charge in [0, 0.05) is 16.3 Å². The lowest BCUT2D eigenvalue weighted by Crippen LogP contribution is -1.93. The van der Waals surface area contributed by atoms with Gasteiger partial charge in [-0.25, -0.2) is 0 Å². The normalized spacial score (nSPS) is 13.0. The van der Waals surface area contributed by atoms with E-state index in [2.05, 4.69) is 31.2 Å². The molecule has 2 aromatic rings. The summed E-state index contributed by atoms with van der Waals surface area (Å²) < 4.78 is 0. The van der Waals surface area contributed by atoms with Gasteiger partial charge >= 0.3 is 0 Å². The molecule has 18 heavy (non-hydrogen) atoms. The van der Waals surface area contributed by atoms with Gasteiger partial charge in [-0.05, 0) is 43.9 Å². The highest BCUT2D eigenvalue weighted by molar-refractivity contribution is 6.31. The summed E-state index contributed by atoms with van der Waals surface area (Å²) in [6.45, 7) is 2.10. The molecule has 1 heterocycles. The van der Waals surface area contributed by atoms with Crippen LogP contribution in [0.2, 0.25) is 5.02 Å². The van der Waals surface area contributed by atoms with Gasteiger partial charge in [0.2, 0.25) is 0 Å². The van der Waals surface area contributed by atoms with E-state index in [4.69, 9.17) is 16.6 Å². The summed E-state index contributed by atoms with van der Waals surface area (Å²) in [7, 11) is 0. The maximum absolute atomic E-state index is 6.32. The van der Waals surface area contributed by atoms with Crippen molar-refractivity contribution < 1.29 is 0 Å². The second kappa shape index (κ2) is 5.29. The van der Waals surface area contributed by atoms with E-state index in [1.54, 1.807) is 0 Å². The Kier molecular flexibility index (Phi) is 3.94. The van der Waals surface area contributed by atoms with Crippen molar-refractivity contribution in [3.63, 3.8) is 0 Å². The van der Waals surface area contributed by atoms with Crippen LogP contribution < -0.4 is 0 Å². The molecule has 0 fully saturated rings. The lowest BCUT2D eigenvalue weighted by Gasteiger charge is -2.07. The molecule has 0 unspecified atom stereocenters. The standard InChI is InChI=1S/C15H14ClN.ClH/c1-10-4-2-5-11(8-10)15-9-13(16)12-6-3-7-14(12)17-15;/h2,4-5,8-9H,3,6-7H2,1H3;1H. The highest BCUT2D eigenvalue weighted by Gasteiger charge is 2.17. The lowest BCUT2D eigenvalue weighted by atomic mass is 10.1. The third-order valence-electron chi connectivity index (χ3n) is 3.31. The van der Waals surface area contributed by atoms with Crippen molar-refractivity contribution in [2.45, 2.75) is 26.2 Å². The maximum Gasteiger partial charge on any atom is 0.0720 e. The van der Waals surface area contributed by atoms with Gasteiger partial charge in [0.15, 0.2) is 0 Å². The zero-order chi connectivity index (χ0) is 11.8. The molecular formula is C15H15Cl2N. The van der Waals surface area contributed by atoms with Crippen LogP contribution in [0.5, 0.6) is 0 Å². The molecule has 0 saturated carbocycles. The fourth-order valence-corrected chi connectivity index (χ4v) is 2.75. The van der Waals surface area contributed by atoms with Crippen LogP contribution in [-0.2, 0) is 12.8 Å². The van der Waals surface area contributed by atoms with E-state index in [0.29, 0.717) is 0 Å². The van der Waals surface area contributed by atoms with E-state index in [9.17, 15) is 0 Å². The summed E-state index contributed by atoms with van der Waals surface area (Å²) in [5, 5.41) is 0.879. The van der Waals surface area contributed by atoms with Crippen LogP contribution in [0, 0.1) is 6.92 Å². The highest BCUT2D eigenvalue weighted by atomic mass is 35.5. The smallest absolute Gasteiger partial charge is 0.0720 e. The third-order valence-corrected chi connectivity index (χ3v) is 3.65. The van der Waals surface area contributed by atoms with Crippen LogP contribution in [0.4, 0.5) is 0 Å². The fourth-order valence-electron chi connectivity index (χ4n) is 2.45. The summed E-state index contributed by atoms with van der Waals surface area (Å²) >= 11 is 6.32. The molecule has 94 valence electrons. The van der Waals surface area contributed by atoms with E-state index >= 15 is 0 Å². The Balaban J connectivity index is 0.00000120. The first kappa shape index (κ1) is 13.4. The lowest BCUT2D eigenvalue weighted by molar-refractivity contribution is 0.900. The SMILES string of the molecule is Cc1cccc(-c2cc(Cl)c3c(n2)CCC3)c1.Cl. The first-order chi connectivity index (χ1) is 8.24. The van der Waals surface area contributed by atoms with E-state index in [-0.39, 0.29) is 12.4 Å². The summed E-state index contributed by atoms with van der Waals surface area (Å²) in [6, 6.07) is 10.4. The Bertz CT molecular complexity index is 579. The van der Waals surface area contributed by atoms with E-state index in [1.807, 2.05) is 6.07 Å². The zero-order valence-corrected chi connectivity index (χ0v) is 11.8. The molecule has 0 radical (unpaired) electrons. The Labute approximate surface area is 119 Å². The van der Waals surface area contributed by atoms with Crippen LogP contribution >= 0.6 is 24.0 Å². The van der Waals surface area contributed by atoms with Gasteiger partial charge in [-0.15, -0.1) is 12.4 Å². The molecular weight excluding hydrogens is 265 g/mol. The molecule has 0 atom stereocenters. The van der Waals surface area contributed by atoms with Crippen molar-refractivity contribution in [1.29, 1.82) is 0 Å². The predicted octanol–water partition coefficient (Wildman–Crippen LogP) is 4.62. The van der Waals surface area contributed by atoms with Crippen LogP contribution in [0.25, 0.3) is 11.3 Å². The van der Waals surface area contributed by atoms with Gasteiger partial charge in [0.05, 0.1) is 5.69 Å². The predicted molar refractivity (Wildman–Crippen MR) is 78.7 cm³/mol. The Morgan fingerprint density at radius 3 is 2.78 bits per heavy atom.